The first kappa shape index (κ1) is 24.2. The maximum absolute atomic E-state index is 13.3. The molecule has 0 unspecified atom stereocenters. The van der Waals surface area contributed by atoms with E-state index in [9.17, 15) is 32.3 Å². The Balaban J connectivity index is 1.41. The first-order valence-electron chi connectivity index (χ1n) is 10.9. The number of aliphatic hydroxyl groups is 1. The first-order chi connectivity index (χ1) is 15.9. The fourth-order valence-electron chi connectivity index (χ4n) is 4.69. The average molecular weight is 482 g/mol. The van der Waals surface area contributed by atoms with Crippen LogP contribution < -0.4 is 0 Å². The third kappa shape index (κ3) is 4.17. The number of hydrogen-bond acceptors (Lipinski definition) is 4. The van der Waals surface area contributed by atoms with Gasteiger partial charge in [-0.1, -0.05) is 12.1 Å². The summed E-state index contributed by atoms with van der Waals surface area (Å²) < 4.78 is 54.4. The number of likely N-dealkylation sites (tertiary alicyclic amines) is 2. The molecule has 0 saturated carbocycles. The summed E-state index contributed by atoms with van der Waals surface area (Å²) in [5.41, 5.74) is -1.99. The minimum Gasteiger partial charge on any atom is -0.396 e. The fraction of sp³-hybridized carbons (Fsp3) is 0.522. The second kappa shape index (κ2) is 8.37. The van der Waals surface area contributed by atoms with Gasteiger partial charge in [-0.2, -0.15) is 18.3 Å². The standard InChI is InChI=1S/C23H26F4N4O3/c1-21(2,23(25,26)27)20(34)30-13-22(14-30)12-29(10-17(22)11-32)19(33)16-7-28-31(9-16)8-15-3-5-18(24)6-4-15/h3-7,9,17,32H,8,10-14H2,1-2H3/t17-/m0/s1. The number of carbonyl (C=O) groups is 2. The zero-order valence-corrected chi connectivity index (χ0v) is 18.8. The van der Waals surface area contributed by atoms with Gasteiger partial charge in [0.2, 0.25) is 5.91 Å². The molecule has 1 atom stereocenters. The van der Waals surface area contributed by atoms with E-state index in [1.807, 2.05) is 0 Å². The highest BCUT2D eigenvalue weighted by atomic mass is 19.4. The SMILES string of the molecule is CC(C)(C(=O)N1CC2(CN(C(=O)c3cnn(Cc4ccc(F)cc4)c3)C[C@H]2CO)C1)C(F)(F)F. The summed E-state index contributed by atoms with van der Waals surface area (Å²) in [7, 11) is 0. The van der Waals surface area contributed by atoms with E-state index in [2.05, 4.69) is 5.10 Å². The summed E-state index contributed by atoms with van der Waals surface area (Å²) in [6.07, 6.45) is -1.67. The van der Waals surface area contributed by atoms with Crippen LogP contribution in [0.2, 0.25) is 0 Å². The van der Waals surface area contributed by atoms with Crippen LogP contribution in [0.4, 0.5) is 17.6 Å². The molecular weight excluding hydrogens is 456 g/mol. The zero-order valence-electron chi connectivity index (χ0n) is 18.8. The second-order valence-corrected chi connectivity index (χ2v) is 9.76. The molecule has 4 rings (SSSR count). The van der Waals surface area contributed by atoms with E-state index in [-0.39, 0.29) is 50.4 Å². The summed E-state index contributed by atoms with van der Waals surface area (Å²) in [6, 6.07) is 5.93. The van der Waals surface area contributed by atoms with Gasteiger partial charge in [0.25, 0.3) is 5.91 Å². The lowest BCUT2D eigenvalue weighted by molar-refractivity contribution is -0.223. The lowest BCUT2D eigenvalue weighted by Gasteiger charge is -2.52. The van der Waals surface area contributed by atoms with Crippen molar-refractivity contribution < 1.29 is 32.3 Å². The number of benzene rings is 1. The van der Waals surface area contributed by atoms with Crippen molar-refractivity contribution in [1.29, 1.82) is 0 Å². The number of nitrogens with zero attached hydrogens (tertiary/aromatic N) is 4. The first-order valence-corrected chi connectivity index (χ1v) is 10.9. The van der Waals surface area contributed by atoms with Gasteiger partial charge in [0, 0.05) is 50.3 Å². The number of aromatic nitrogens is 2. The van der Waals surface area contributed by atoms with Gasteiger partial charge >= 0.3 is 6.18 Å². The predicted octanol–water partition coefficient (Wildman–Crippen LogP) is 2.55. The van der Waals surface area contributed by atoms with Crippen molar-refractivity contribution in [2.24, 2.45) is 16.7 Å². The molecule has 1 spiro atoms. The van der Waals surface area contributed by atoms with Gasteiger partial charge in [0.05, 0.1) is 18.3 Å². The van der Waals surface area contributed by atoms with E-state index in [0.29, 0.717) is 12.1 Å². The van der Waals surface area contributed by atoms with Crippen molar-refractivity contribution in [1.82, 2.24) is 19.6 Å². The highest BCUT2D eigenvalue weighted by Gasteiger charge is 2.61. The molecule has 0 bridgehead atoms. The Hall–Kier alpha value is -2.95. The molecule has 7 nitrogen and oxygen atoms in total. The number of amides is 2. The predicted molar refractivity (Wildman–Crippen MR) is 113 cm³/mol. The summed E-state index contributed by atoms with van der Waals surface area (Å²) in [6.45, 7) is 2.42. The quantitative estimate of drug-likeness (QED) is 0.665. The molecule has 3 heterocycles. The molecule has 2 amide bonds. The van der Waals surface area contributed by atoms with Gasteiger partial charge in [0.15, 0.2) is 0 Å². The van der Waals surface area contributed by atoms with Crippen molar-refractivity contribution in [3.63, 3.8) is 0 Å². The maximum Gasteiger partial charge on any atom is 0.402 e. The molecule has 34 heavy (non-hydrogen) atoms. The number of carbonyl (C=O) groups excluding carboxylic acids is 2. The lowest BCUT2D eigenvalue weighted by Crippen LogP contribution is -2.66. The van der Waals surface area contributed by atoms with Crippen molar-refractivity contribution in [3.05, 3.63) is 53.6 Å². The van der Waals surface area contributed by atoms with Crippen molar-refractivity contribution in [2.75, 3.05) is 32.8 Å². The molecule has 2 aliphatic heterocycles. The molecule has 1 N–H and O–H groups in total. The molecule has 184 valence electrons. The molecule has 2 aromatic rings. The van der Waals surface area contributed by atoms with Gasteiger partial charge in [-0.05, 0) is 31.5 Å². The summed E-state index contributed by atoms with van der Waals surface area (Å²) >= 11 is 0. The van der Waals surface area contributed by atoms with E-state index in [1.54, 1.807) is 27.9 Å². The lowest BCUT2D eigenvalue weighted by atomic mass is 9.71. The second-order valence-electron chi connectivity index (χ2n) is 9.76. The van der Waals surface area contributed by atoms with Crippen LogP contribution in [0, 0.1) is 22.6 Å². The van der Waals surface area contributed by atoms with Crippen molar-refractivity contribution >= 4 is 11.8 Å². The van der Waals surface area contributed by atoms with E-state index >= 15 is 0 Å². The molecule has 0 aliphatic carbocycles. The number of hydrogen-bond donors (Lipinski definition) is 1. The van der Waals surface area contributed by atoms with Gasteiger partial charge in [-0.3, -0.25) is 14.3 Å². The molecule has 2 fully saturated rings. The number of halogens is 4. The van der Waals surface area contributed by atoms with E-state index in [0.717, 1.165) is 24.3 Å². The van der Waals surface area contributed by atoms with Crippen LogP contribution in [0.25, 0.3) is 0 Å². The van der Waals surface area contributed by atoms with Gasteiger partial charge in [-0.15, -0.1) is 0 Å². The van der Waals surface area contributed by atoms with Crippen LogP contribution in [0.1, 0.15) is 29.8 Å². The van der Waals surface area contributed by atoms with Crippen LogP contribution in [0.15, 0.2) is 36.7 Å². The molecule has 2 aliphatic rings. The minimum absolute atomic E-state index is 0.0597. The monoisotopic (exact) mass is 482 g/mol. The molecule has 1 aromatic carbocycles. The third-order valence-electron chi connectivity index (χ3n) is 7.00. The Bertz CT molecular complexity index is 1070. The third-order valence-corrected chi connectivity index (χ3v) is 7.00. The number of aliphatic hydroxyl groups excluding tert-OH is 1. The molecule has 1 aromatic heterocycles. The summed E-state index contributed by atoms with van der Waals surface area (Å²) in [5, 5.41) is 14.1. The van der Waals surface area contributed by atoms with E-state index in [4.69, 9.17) is 0 Å². The fourth-order valence-corrected chi connectivity index (χ4v) is 4.69. The van der Waals surface area contributed by atoms with Crippen molar-refractivity contribution in [3.8, 4) is 0 Å². The molecule has 11 heteroatoms. The van der Waals surface area contributed by atoms with E-state index in [1.165, 1.54) is 18.3 Å². The summed E-state index contributed by atoms with van der Waals surface area (Å²) in [4.78, 5) is 28.2. The Morgan fingerprint density at radius 1 is 1.12 bits per heavy atom. The Labute approximate surface area is 193 Å². The number of alkyl halides is 3. The van der Waals surface area contributed by atoms with Gasteiger partial charge in [0.1, 0.15) is 11.2 Å². The largest absolute Gasteiger partial charge is 0.402 e. The Morgan fingerprint density at radius 3 is 2.32 bits per heavy atom. The minimum atomic E-state index is -4.67. The van der Waals surface area contributed by atoms with Crippen LogP contribution in [-0.2, 0) is 11.3 Å². The highest BCUT2D eigenvalue weighted by molar-refractivity contribution is 5.94. The topological polar surface area (TPSA) is 78.7 Å². The van der Waals surface area contributed by atoms with Crippen LogP contribution in [0.5, 0.6) is 0 Å². The number of rotatable bonds is 5. The normalized spacial score (nSPS) is 20.0. The van der Waals surface area contributed by atoms with E-state index < -0.39 is 22.9 Å². The van der Waals surface area contributed by atoms with Gasteiger partial charge < -0.3 is 14.9 Å². The summed E-state index contributed by atoms with van der Waals surface area (Å²) in [5.74, 6) is -2.00. The van der Waals surface area contributed by atoms with Crippen LogP contribution in [0.3, 0.4) is 0 Å². The maximum atomic E-state index is 13.3. The molecule has 0 radical (unpaired) electrons. The van der Waals surface area contributed by atoms with Crippen LogP contribution >= 0.6 is 0 Å². The van der Waals surface area contributed by atoms with Gasteiger partial charge in [-0.25, -0.2) is 4.39 Å². The molecule has 2 saturated heterocycles. The smallest absolute Gasteiger partial charge is 0.396 e. The highest BCUT2D eigenvalue weighted by Crippen LogP contribution is 2.47. The average Bonchev–Trinajstić information content (AvgIpc) is 3.37. The molecular formula is C23H26F4N4O3. The zero-order chi connectivity index (χ0) is 24.9. The Morgan fingerprint density at radius 2 is 1.74 bits per heavy atom. The van der Waals surface area contributed by atoms with Crippen LogP contribution in [-0.4, -0.2) is 75.5 Å². The van der Waals surface area contributed by atoms with Crippen molar-refractivity contribution in [2.45, 2.75) is 26.6 Å². The Kier molecular flexibility index (Phi) is 5.95.